The van der Waals surface area contributed by atoms with Crippen LogP contribution in [0.5, 0.6) is 0 Å². The van der Waals surface area contributed by atoms with Crippen LogP contribution in [0.4, 0.5) is 0 Å². The lowest BCUT2D eigenvalue weighted by molar-refractivity contribution is 0.00578. The summed E-state index contributed by atoms with van der Waals surface area (Å²) in [6, 6.07) is 3.95. The van der Waals surface area contributed by atoms with Crippen molar-refractivity contribution >= 4 is 28.5 Å². The Kier molecular flexibility index (Phi) is 3.36. The predicted molar refractivity (Wildman–Crippen MR) is 72.6 cm³/mol. The molecule has 17 heavy (non-hydrogen) atoms. The lowest BCUT2D eigenvalue weighted by atomic mass is 9.79. The van der Waals surface area contributed by atoms with Gasteiger partial charge in [-0.05, 0) is 45.3 Å². The predicted octanol–water partition coefficient (Wildman–Crippen LogP) is 2.28. The molecule has 92 valence electrons. The fourth-order valence-electron chi connectivity index (χ4n) is 1.70. The van der Waals surface area contributed by atoms with E-state index in [4.69, 9.17) is 9.31 Å². The molecule has 0 atom stereocenters. The number of hydrogen-bond acceptors (Lipinski definition) is 3. The van der Waals surface area contributed by atoms with Crippen LogP contribution in [-0.4, -0.2) is 23.3 Å². The SMILES string of the molecule is CC1(C)OB(c2ccnc(CBr)c2)OC1(C)C. The van der Waals surface area contributed by atoms with Crippen molar-refractivity contribution in [2.45, 2.75) is 44.2 Å². The minimum atomic E-state index is -0.305. The minimum Gasteiger partial charge on any atom is -0.399 e. The van der Waals surface area contributed by atoms with Gasteiger partial charge in [-0.3, -0.25) is 4.98 Å². The van der Waals surface area contributed by atoms with Crippen molar-refractivity contribution < 1.29 is 9.31 Å². The third-order valence-electron chi connectivity index (χ3n) is 3.50. The lowest BCUT2D eigenvalue weighted by Crippen LogP contribution is -2.41. The van der Waals surface area contributed by atoms with Gasteiger partial charge in [0.25, 0.3) is 0 Å². The van der Waals surface area contributed by atoms with Crippen molar-refractivity contribution in [2.24, 2.45) is 0 Å². The Morgan fingerprint density at radius 3 is 2.35 bits per heavy atom. The third-order valence-corrected chi connectivity index (χ3v) is 4.08. The maximum atomic E-state index is 5.98. The van der Waals surface area contributed by atoms with Crippen LogP contribution in [0.25, 0.3) is 0 Å². The van der Waals surface area contributed by atoms with Gasteiger partial charge in [-0.15, -0.1) is 0 Å². The fourth-order valence-corrected chi connectivity index (χ4v) is 2.00. The molecule has 3 nitrogen and oxygen atoms in total. The van der Waals surface area contributed by atoms with Crippen LogP contribution in [-0.2, 0) is 14.6 Å². The van der Waals surface area contributed by atoms with E-state index < -0.39 is 0 Å². The summed E-state index contributed by atoms with van der Waals surface area (Å²) in [6.45, 7) is 8.22. The van der Waals surface area contributed by atoms with E-state index in [1.807, 2.05) is 12.1 Å². The topological polar surface area (TPSA) is 31.4 Å². The largest absolute Gasteiger partial charge is 0.494 e. The summed E-state index contributed by atoms with van der Waals surface area (Å²) >= 11 is 3.40. The van der Waals surface area contributed by atoms with E-state index in [2.05, 4.69) is 48.6 Å². The van der Waals surface area contributed by atoms with Gasteiger partial charge in [-0.2, -0.15) is 0 Å². The van der Waals surface area contributed by atoms with Gasteiger partial charge in [0.05, 0.1) is 16.9 Å². The fraction of sp³-hybridized carbons (Fsp3) is 0.583. The molecule has 0 N–H and O–H groups in total. The van der Waals surface area contributed by atoms with E-state index in [1.54, 1.807) is 6.20 Å². The van der Waals surface area contributed by atoms with Gasteiger partial charge < -0.3 is 9.31 Å². The Balaban J connectivity index is 2.25. The van der Waals surface area contributed by atoms with Crippen molar-refractivity contribution in [1.29, 1.82) is 0 Å². The van der Waals surface area contributed by atoms with Crippen molar-refractivity contribution in [2.75, 3.05) is 0 Å². The van der Waals surface area contributed by atoms with Crippen LogP contribution in [0.1, 0.15) is 33.4 Å². The van der Waals surface area contributed by atoms with Gasteiger partial charge in [0, 0.05) is 11.5 Å². The van der Waals surface area contributed by atoms with Gasteiger partial charge >= 0.3 is 7.12 Å². The summed E-state index contributed by atoms with van der Waals surface area (Å²) < 4.78 is 12.0. The molecule has 1 aliphatic heterocycles. The van der Waals surface area contributed by atoms with Crippen LogP contribution in [0.15, 0.2) is 18.3 Å². The highest BCUT2D eigenvalue weighted by molar-refractivity contribution is 9.08. The number of pyridine rings is 1. The first-order valence-electron chi connectivity index (χ1n) is 5.72. The number of aromatic nitrogens is 1. The van der Waals surface area contributed by atoms with Crippen LogP contribution in [0.2, 0.25) is 0 Å². The Morgan fingerprint density at radius 1 is 1.24 bits per heavy atom. The van der Waals surface area contributed by atoms with Gasteiger partial charge in [-0.1, -0.05) is 15.9 Å². The lowest BCUT2D eigenvalue weighted by Gasteiger charge is -2.32. The molecular formula is C12H17BBrNO2. The average Bonchev–Trinajstić information content (AvgIpc) is 2.48. The number of hydrogen-bond donors (Lipinski definition) is 0. The molecule has 0 aromatic carbocycles. The second-order valence-corrected chi connectivity index (χ2v) is 5.86. The molecule has 0 spiro atoms. The van der Waals surface area contributed by atoms with Crippen molar-refractivity contribution in [3.63, 3.8) is 0 Å². The molecule has 0 radical (unpaired) electrons. The summed E-state index contributed by atoms with van der Waals surface area (Å²) in [6.07, 6.45) is 1.79. The zero-order chi connectivity index (χ0) is 12.7. The van der Waals surface area contributed by atoms with E-state index >= 15 is 0 Å². The second-order valence-electron chi connectivity index (χ2n) is 5.30. The maximum absolute atomic E-state index is 5.98. The van der Waals surface area contributed by atoms with Crippen LogP contribution in [0.3, 0.4) is 0 Å². The zero-order valence-electron chi connectivity index (χ0n) is 10.7. The summed E-state index contributed by atoms with van der Waals surface area (Å²) in [5.41, 5.74) is 1.41. The van der Waals surface area contributed by atoms with E-state index in [-0.39, 0.29) is 18.3 Å². The van der Waals surface area contributed by atoms with Crippen LogP contribution >= 0.6 is 15.9 Å². The molecule has 0 amide bonds. The maximum Gasteiger partial charge on any atom is 0.494 e. The van der Waals surface area contributed by atoms with E-state index in [0.29, 0.717) is 0 Å². The summed E-state index contributed by atoms with van der Waals surface area (Å²) in [7, 11) is -0.305. The number of nitrogens with zero attached hydrogens (tertiary/aromatic N) is 1. The molecule has 1 aromatic rings. The van der Waals surface area contributed by atoms with Crippen molar-refractivity contribution in [1.82, 2.24) is 4.98 Å². The third kappa shape index (κ3) is 2.42. The molecule has 1 fully saturated rings. The molecule has 1 aromatic heterocycles. The monoisotopic (exact) mass is 297 g/mol. The Bertz CT molecular complexity index is 407. The summed E-state index contributed by atoms with van der Waals surface area (Å²) in [5.74, 6) is 0. The molecular weight excluding hydrogens is 281 g/mol. The molecule has 2 rings (SSSR count). The van der Waals surface area contributed by atoms with Crippen molar-refractivity contribution in [3.05, 3.63) is 24.0 Å². The zero-order valence-corrected chi connectivity index (χ0v) is 12.2. The molecule has 0 unspecified atom stereocenters. The molecule has 5 heteroatoms. The standard InChI is InChI=1S/C12H17BBrNO2/c1-11(2)12(3,4)17-13(16-11)9-5-6-15-10(7-9)8-14/h5-7H,8H2,1-4H3. The Labute approximate surface area is 111 Å². The normalized spacial score (nSPS) is 21.8. The first-order chi connectivity index (χ1) is 7.86. The number of rotatable bonds is 2. The highest BCUT2D eigenvalue weighted by atomic mass is 79.9. The smallest absolute Gasteiger partial charge is 0.399 e. The first-order valence-corrected chi connectivity index (χ1v) is 6.84. The number of halogens is 1. The van der Waals surface area contributed by atoms with Gasteiger partial charge in [0.2, 0.25) is 0 Å². The Morgan fingerprint density at radius 2 is 1.82 bits per heavy atom. The molecule has 0 saturated carbocycles. The summed E-state index contributed by atoms with van der Waals surface area (Å²) in [5, 5.41) is 0.736. The van der Waals surface area contributed by atoms with Crippen LogP contribution in [0, 0.1) is 0 Å². The van der Waals surface area contributed by atoms with E-state index in [9.17, 15) is 0 Å². The minimum absolute atomic E-state index is 0.296. The van der Waals surface area contributed by atoms with Gasteiger partial charge in [-0.25, -0.2) is 0 Å². The van der Waals surface area contributed by atoms with Gasteiger partial charge in [0.1, 0.15) is 0 Å². The molecule has 0 aliphatic carbocycles. The quantitative estimate of drug-likeness (QED) is 0.620. The van der Waals surface area contributed by atoms with E-state index in [1.165, 1.54) is 0 Å². The second kappa shape index (κ2) is 4.37. The first kappa shape index (κ1) is 13.1. The molecule has 1 saturated heterocycles. The van der Waals surface area contributed by atoms with Crippen LogP contribution < -0.4 is 5.46 Å². The molecule has 2 heterocycles. The molecule has 0 bridgehead atoms. The highest BCUT2D eigenvalue weighted by Crippen LogP contribution is 2.36. The average molecular weight is 298 g/mol. The van der Waals surface area contributed by atoms with Crippen molar-refractivity contribution in [3.8, 4) is 0 Å². The Hall–Kier alpha value is -0.385. The highest BCUT2D eigenvalue weighted by Gasteiger charge is 2.51. The summed E-state index contributed by atoms with van der Waals surface area (Å²) in [4.78, 5) is 4.24. The van der Waals surface area contributed by atoms with Gasteiger partial charge in [0.15, 0.2) is 0 Å². The number of alkyl halides is 1. The molecule has 1 aliphatic rings. The van der Waals surface area contributed by atoms with E-state index in [0.717, 1.165) is 16.5 Å².